The molecule has 1 aliphatic carbocycles. The van der Waals surface area contributed by atoms with Crippen LogP contribution in [0.25, 0.3) is 11.1 Å². The van der Waals surface area contributed by atoms with E-state index < -0.39 is 16.1 Å². The van der Waals surface area contributed by atoms with Crippen LogP contribution in [0.15, 0.2) is 36.4 Å². The fourth-order valence-corrected chi connectivity index (χ4v) is 5.42. The molecular formula is C19H26Si2. The van der Waals surface area contributed by atoms with E-state index in [2.05, 4.69) is 75.7 Å². The molecule has 0 N–H and O–H groups in total. The molecule has 0 bridgehead atoms. The molecule has 0 aromatic heterocycles. The zero-order valence-electron chi connectivity index (χ0n) is 14.2. The van der Waals surface area contributed by atoms with E-state index in [-0.39, 0.29) is 0 Å². The molecule has 0 nitrogen and oxygen atoms in total. The molecule has 0 aliphatic heterocycles. The van der Waals surface area contributed by atoms with Crippen molar-refractivity contribution in [3.8, 4) is 11.1 Å². The largest absolute Gasteiger partial charge is 0.0776 e. The van der Waals surface area contributed by atoms with E-state index in [4.69, 9.17) is 0 Å². The molecule has 3 rings (SSSR count). The summed E-state index contributed by atoms with van der Waals surface area (Å²) in [5.74, 6) is 0. The summed E-state index contributed by atoms with van der Waals surface area (Å²) >= 11 is 0. The number of hydrogen-bond acceptors (Lipinski definition) is 0. The molecule has 110 valence electrons. The van der Waals surface area contributed by atoms with Crippen molar-refractivity contribution in [2.45, 2.75) is 45.7 Å². The minimum Gasteiger partial charge on any atom is -0.0656 e. The van der Waals surface area contributed by atoms with Crippen LogP contribution in [-0.2, 0) is 6.42 Å². The lowest BCUT2D eigenvalue weighted by molar-refractivity contribution is 1.27. The molecule has 0 unspecified atom stereocenters. The first-order valence-corrected chi connectivity index (χ1v) is 14.9. The van der Waals surface area contributed by atoms with Gasteiger partial charge in [0.25, 0.3) is 0 Å². The van der Waals surface area contributed by atoms with Crippen molar-refractivity contribution in [3.05, 3.63) is 47.5 Å². The van der Waals surface area contributed by atoms with Gasteiger partial charge < -0.3 is 0 Å². The van der Waals surface area contributed by atoms with Crippen molar-refractivity contribution in [3.63, 3.8) is 0 Å². The average molecular weight is 311 g/mol. The van der Waals surface area contributed by atoms with Gasteiger partial charge in [0.05, 0.1) is 16.1 Å². The molecule has 21 heavy (non-hydrogen) atoms. The van der Waals surface area contributed by atoms with E-state index in [0.717, 1.165) is 6.42 Å². The summed E-state index contributed by atoms with van der Waals surface area (Å²) in [4.78, 5) is 0. The Hall–Kier alpha value is -1.13. The van der Waals surface area contributed by atoms with Crippen LogP contribution in [0.5, 0.6) is 0 Å². The molecular weight excluding hydrogens is 284 g/mol. The lowest BCUT2D eigenvalue weighted by Gasteiger charge is -2.19. The number of benzene rings is 2. The Labute approximate surface area is 131 Å². The second kappa shape index (κ2) is 4.69. The number of rotatable bonds is 2. The van der Waals surface area contributed by atoms with Crippen LogP contribution in [-0.4, -0.2) is 16.1 Å². The van der Waals surface area contributed by atoms with Gasteiger partial charge in [0.2, 0.25) is 0 Å². The number of fused-ring (bicyclic) bond motifs is 3. The van der Waals surface area contributed by atoms with E-state index in [1.165, 1.54) is 22.3 Å². The highest BCUT2D eigenvalue weighted by Gasteiger charge is 2.25. The SMILES string of the molecule is C[Si](C)(C)c1ccc2c(c1)-c1cc([Si](C)(C)C)ccc1C2. The van der Waals surface area contributed by atoms with Gasteiger partial charge in [-0.15, -0.1) is 0 Å². The fraction of sp³-hybridized carbons (Fsp3) is 0.368. The first kappa shape index (κ1) is 14.8. The van der Waals surface area contributed by atoms with Gasteiger partial charge in [-0.1, -0.05) is 86.1 Å². The van der Waals surface area contributed by atoms with Crippen molar-refractivity contribution in [1.82, 2.24) is 0 Å². The summed E-state index contributed by atoms with van der Waals surface area (Å²) in [5.41, 5.74) is 6.04. The first-order chi connectivity index (χ1) is 9.66. The standard InChI is InChI=1S/C19H26Si2/c1-20(2,3)16-9-7-14-11-15-8-10-17(21(4,5)6)13-19(15)18(14)12-16/h7-10,12-13H,11H2,1-6H3. The third-order valence-corrected chi connectivity index (χ3v) is 8.71. The highest BCUT2D eigenvalue weighted by atomic mass is 28.3. The topological polar surface area (TPSA) is 0 Å². The van der Waals surface area contributed by atoms with Gasteiger partial charge >= 0.3 is 0 Å². The Morgan fingerprint density at radius 3 is 1.33 bits per heavy atom. The van der Waals surface area contributed by atoms with Crippen LogP contribution in [0, 0.1) is 0 Å². The molecule has 2 aromatic carbocycles. The molecule has 0 heterocycles. The predicted octanol–water partition coefficient (Wildman–Crippen LogP) is 4.35. The Morgan fingerprint density at radius 2 is 1.00 bits per heavy atom. The Balaban J connectivity index is 2.15. The molecule has 0 atom stereocenters. The van der Waals surface area contributed by atoms with E-state index in [1.54, 1.807) is 10.4 Å². The van der Waals surface area contributed by atoms with Crippen molar-refractivity contribution in [1.29, 1.82) is 0 Å². The maximum absolute atomic E-state index is 2.49. The maximum Gasteiger partial charge on any atom is 0.0776 e. The second-order valence-electron chi connectivity index (χ2n) is 8.42. The van der Waals surface area contributed by atoms with E-state index in [9.17, 15) is 0 Å². The van der Waals surface area contributed by atoms with Crippen LogP contribution in [0.4, 0.5) is 0 Å². The highest BCUT2D eigenvalue weighted by Crippen LogP contribution is 2.36. The van der Waals surface area contributed by atoms with E-state index in [0.29, 0.717) is 0 Å². The Kier molecular flexibility index (Phi) is 3.30. The zero-order valence-corrected chi connectivity index (χ0v) is 16.2. The van der Waals surface area contributed by atoms with Gasteiger partial charge in [-0.2, -0.15) is 0 Å². The van der Waals surface area contributed by atoms with Crippen LogP contribution in [0.1, 0.15) is 11.1 Å². The predicted molar refractivity (Wildman–Crippen MR) is 101 cm³/mol. The summed E-state index contributed by atoms with van der Waals surface area (Å²) in [6, 6.07) is 14.5. The molecule has 0 amide bonds. The molecule has 2 aromatic rings. The molecule has 0 radical (unpaired) electrons. The molecule has 0 spiro atoms. The summed E-state index contributed by atoms with van der Waals surface area (Å²) < 4.78 is 0. The summed E-state index contributed by atoms with van der Waals surface area (Å²) in [5, 5.41) is 3.15. The minimum atomic E-state index is -1.24. The van der Waals surface area contributed by atoms with Crippen molar-refractivity contribution in [2.75, 3.05) is 0 Å². The van der Waals surface area contributed by atoms with Gasteiger partial charge in [0.15, 0.2) is 0 Å². The van der Waals surface area contributed by atoms with Crippen molar-refractivity contribution < 1.29 is 0 Å². The van der Waals surface area contributed by atoms with Gasteiger partial charge in [0.1, 0.15) is 0 Å². The summed E-state index contributed by atoms with van der Waals surface area (Å²) in [6.07, 6.45) is 1.11. The first-order valence-electron chi connectivity index (χ1n) is 7.93. The zero-order chi connectivity index (χ0) is 15.4. The average Bonchev–Trinajstić information content (AvgIpc) is 2.73. The Bertz CT molecular complexity index is 639. The van der Waals surface area contributed by atoms with Crippen LogP contribution < -0.4 is 10.4 Å². The molecule has 0 fully saturated rings. The Morgan fingerprint density at radius 1 is 0.619 bits per heavy atom. The maximum atomic E-state index is 2.49. The normalized spacial score (nSPS) is 14.0. The van der Waals surface area contributed by atoms with Crippen molar-refractivity contribution in [2.24, 2.45) is 0 Å². The van der Waals surface area contributed by atoms with Crippen LogP contribution in [0.3, 0.4) is 0 Å². The van der Waals surface area contributed by atoms with Gasteiger partial charge in [0, 0.05) is 0 Å². The quantitative estimate of drug-likeness (QED) is 0.617. The van der Waals surface area contributed by atoms with Gasteiger partial charge in [-0.05, 0) is 28.7 Å². The molecule has 2 heteroatoms. The van der Waals surface area contributed by atoms with Gasteiger partial charge in [-0.3, -0.25) is 0 Å². The summed E-state index contributed by atoms with van der Waals surface area (Å²) in [6.45, 7) is 14.6. The van der Waals surface area contributed by atoms with Crippen LogP contribution >= 0.6 is 0 Å². The molecule has 0 saturated carbocycles. The van der Waals surface area contributed by atoms with Crippen LogP contribution in [0.2, 0.25) is 39.3 Å². The van der Waals surface area contributed by atoms with E-state index >= 15 is 0 Å². The third kappa shape index (κ3) is 2.67. The summed E-state index contributed by atoms with van der Waals surface area (Å²) in [7, 11) is -2.48. The minimum absolute atomic E-state index is 1.11. The monoisotopic (exact) mass is 310 g/mol. The van der Waals surface area contributed by atoms with Gasteiger partial charge in [-0.25, -0.2) is 0 Å². The highest BCUT2D eigenvalue weighted by molar-refractivity contribution is 6.89. The smallest absolute Gasteiger partial charge is 0.0656 e. The lowest BCUT2D eigenvalue weighted by Crippen LogP contribution is -2.38. The van der Waals surface area contributed by atoms with Crippen molar-refractivity contribution >= 4 is 26.5 Å². The third-order valence-electron chi connectivity index (χ3n) is 4.62. The molecule has 0 saturated heterocycles. The molecule has 1 aliphatic rings. The van der Waals surface area contributed by atoms with E-state index in [1.807, 2.05) is 0 Å². The second-order valence-corrected chi connectivity index (χ2v) is 18.6. The fourth-order valence-electron chi connectivity index (χ4n) is 3.10. The lowest BCUT2D eigenvalue weighted by atomic mass is 10.1. The number of hydrogen-bond donors (Lipinski definition) is 0.